The van der Waals surface area contributed by atoms with Gasteiger partial charge in [-0.25, -0.2) is 0 Å². The molecular formula is C17H28N. The number of nitrogens with one attached hydrogen (secondary N) is 1. The molecule has 1 rings (SSSR count). The molecule has 1 N–H and O–H groups in total. The number of rotatable bonds is 8. The highest BCUT2D eigenvalue weighted by molar-refractivity contribution is 5.26. The molecule has 0 aliphatic carbocycles. The lowest BCUT2D eigenvalue weighted by atomic mass is 9.98. The molecule has 1 nitrogen and oxygen atoms in total. The molecule has 0 amide bonds. The molecule has 101 valence electrons. The van der Waals surface area contributed by atoms with Crippen LogP contribution in [-0.4, -0.2) is 6.54 Å². The summed E-state index contributed by atoms with van der Waals surface area (Å²) in [5.41, 5.74) is 2.81. The highest BCUT2D eigenvalue weighted by Crippen LogP contribution is 2.13. The van der Waals surface area contributed by atoms with Crippen LogP contribution in [0.15, 0.2) is 18.2 Å². The van der Waals surface area contributed by atoms with E-state index in [9.17, 15) is 0 Å². The summed E-state index contributed by atoms with van der Waals surface area (Å²) >= 11 is 0. The van der Waals surface area contributed by atoms with Crippen LogP contribution in [0.2, 0.25) is 0 Å². The predicted octanol–water partition coefficient (Wildman–Crippen LogP) is 4.21. The second kappa shape index (κ2) is 8.31. The first-order valence-corrected chi connectivity index (χ1v) is 7.28. The zero-order chi connectivity index (χ0) is 13.4. The molecule has 0 aliphatic rings. The lowest BCUT2D eigenvalue weighted by Crippen LogP contribution is -2.17. The van der Waals surface area contributed by atoms with E-state index in [4.69, 9.17) is 0 Å². The molecule has 0 aliphatic heterocycles. The van der Waals surface area contributed by atoms with Crippen molar-refractivity contribution in [2.24, 2.45) is 11.8 Å². The van der Waals surface area contributed by atoms with Gasteiger partial charge in [-0.15, -0.1) is 0 Å². The third-order valence-electron chi connectivity index (χ3n) is 3.22. The molecule has 0 fully saturated rings. The molecule has 0 atom stereocenters. The maximum absolute atomic E-state index is 3.54. The first-order valence-electron chi connectivity index (χ1n) is 7.28. The van der Waals surface area contributed by atoms with Crippen molar-refractivity contribution >= 4 is 0 Å². The van der Waals surface area contributed by atoms with E-state index in [0.29, 0.717) is 0 Å². The molecule has 0 saturated carbocycles. The summed E-state index contributed by atoms with van der Waals surface area (Å²) in [5, 5.41) is 3.54. The van der Waals surface area contributed by atoms with Crippen molar-refractivity contribution in [1.82, 2.24) is 5.32 Å². The molecule has 1 aromatic carbocycles. The first-order chi connectivity index (χ1) is 8.59. The molecule has 0 spiro atoms. The van der Waals surface area contributed by atoms with Crippen LogP contribution >= 0.6 is 0 Å². The van der Waals surface area contributed by atoms with Gasteiger partial charge < -0.3 is 5.32 Å². The standard InChI is InChI=1S/C17H28N/c1-14(2)9-10-16-7-5-6-8-17(16)13-18-12-11-15(3)4/h5-6,8,14-15,18H,9-13H2,1-4H3. The van der Waals surface area contributed by atoms with Gasteiger partial charge >= 0.3 is 0 Å². The van der Waals surface area contributed by atoms with E-state index >= 15 is 0 Å². The summed E-state index contributed by atoms with van der Waals surface area (Å²) < 4.78 is 0. The minimum Gasteiger partial charge on any atom is -0.313 e. The highest BCUT2D eigenvalue weighted by atomic mass is 14.8. The van der Waals surface area contributed by atoms with Crippen molar-refractivity contribution in [3.8, 4) is 0 Å². The summed E-state index contributed by atoms with van der Waals surface area (Å²) in [6.45, 7) is 11.2. The van der Waals surface area contributed by atoms with E-state index in [0.717, 1.165) is 31.3 Å². The molecule has 18 heavy (non-hydrogen) atoms. The van der Waals surface area contributed by atoms with E-state index in [1.54, 1.807) is 0 Å². The average Bonchev–Trinajstić information content (AvgIpc) is 2.33. The van der Waals surface area contributed by atoms with Gasteiger partial charge in [0.15, 0.2) is 0 Å². The fourth-order valence-corrected chi connectivity index (χ4v) is 1.95. The summed E-state index contributed by atoms with van der Waals surface area (Å²) in [7, 11) is 0. The lowest BCUT2D eigenvalue weighted by molar-refractivity contribution is 0.535. The van der Waals surface area contributed by atoms with E-state index in [-0.39, 0.29) is 0 Å². The Labute approximate surface area is 113 Å². The Hall–Kier alpha value is -0.820. The topological polar surface area (TPSA) is 12.0 Å². The van der Waals surface area contributed by atoms with Gasteiger partial charge in [0.1, 0.15) is 0 Å². The summed E-state index contributed by atoms with van der Waals surface area (Å²) in [6.07, 6.45) is 3.65. The summed E-state index contributed by atoms with van der Waals surface area (Å²) in [4.78, 5) is 0. The van der Waals surface area contributed by atoms with Gasteiger partial charge in [0.2, 0.25) is 0 Å². The Kier molecular flexibility index (Phi) is 7.04. The van der Waals surface area contributed by atoms with Crippen LogP contribution in [0.4, 0.5) is 0 Å². The van der Waals surface area contributed by atoms with Crippen LogP contribution in [0.1, 0.15) is 51.7 Å². The van der Waals surface area contributed by atoms with Crippen molar-refractivity contribution in [3.05, 3.63) is 35.4 Å². The quantitative estimate of drug-likeness (QED) is 0.677. The second-order valence-electron chi connectivity index (χ2n) is 5.97. The third-order valence-corrected chi connectivity index (χ3v) is 3.22. The SMILES string of the molecule is CC(C)CCNCc1ccc[c]c1CCC(C)C. The minimum atomic E-state index is 0.764. The zero-order valence-electron chi connectivity index (χ0n) is 12.4. The van der Waals surface area contributed by atoms with Crippen LogP contribution in [-0.2, 0) is 13.0 Å². The molecule has 0 saturated heterocycles. The van der Waals surface area contributed by atoms with Crippen LogP contribution in [0.3, 0.4) is 0 Å². The van der Waals surface area contributed by atoms with Crippen molar-refractivity contribution in [1.29, 1.82) is 0 Å². The Morgan fingerprint density at radius 3 is 2.50 bits per heavy atom. The van der Waals surface area contributed by atoms with E-state index in [1.165, 1.54) is 24.0 Å². The second-order valence-corrected chi connectivity index (χ2v) is 5.97. The number of hydrogen-bond acceptors (Lipinski definition) is 1. The smallest absolute Gasteiger partial charge is 0.0208 e. The molecule has 1 aromatic rings. The van der Waals surface area contributed by atoms with Crippen molar-refractivity contribution < 1.29 is 0 Å². The average molecular weight is 246 g/mol. The van der Waals surface area contributed by atoms with Gasteiger partial charge in [0.25, 0.3) is 0 Å². The largest absolute Gasteiger partial charge is 0.313 e. The van der Waals surface area contributed by atoms with Gasteiger partial charge in [-0.05, 0) is 54.8 Å². The van der Waals surface area contributed by atoms with Gasteiger partial charge in [-0.1, -0.05) is 45.9 Å². The van der Waals surface area contributed by atoms with E-state index < -0.39 is 0 Å². The Balaban J connectivity index is 2.43. The van der Waals surface area contributed by atoms with Crippen LogP contribution in [0.25, 0.3) is 0 Å². The van der Waals surface area contributed by atoms with Gasteiger partial charge in [0.05, 0.1) is 0 Å². The number of hydrogen-bond donors (Lipinski definition) is 1. The third kappa shape index (κ3) is 6.20. The van der Waals surface area contributed by atoms with Gasteiger partial charge in [-0.3, -0.25) is 0 Å². The maximum Gasteiger partial charge on any atom is 0.0208 e. The molecule has 0 heterocycles. The van der Waals surface area contributed by atoms with Gasteiger partial charge in [-0.2, -0.15) is 0 Å². The number of benzene rings is 1. The molecule has 1 heteroatoms. The summed E-state index contributed by atoms with van der Waals surface area (Å²) in [5.74, 6) is 1.54. The van der Waals surface area contributed by atoms with Crippen molar-refractivity contribution in [2.45, 2.75) is 53.5 Å². The monoisotopic (exact) mass is 246 g/mol. The Morgan fingerprint density at radius 1 is 1.11 bits per heavy atom. The Bertz CT molecular complexity index is 328. The van der Waals surface area contributed by atoms with Crippen LogP contribution in [0.5, 0.6) is 0 Å². The lowest BCUT2D eigenvalue weighted by Gasteiger charge is -2.12. The number of aryl methyl sites for hydroxylation is 1. The van der Waals surface area contributed by atoms with Gasteiger partial charge in [0, 0.05) is 6.54 Å². The predicted molar refractivity (Wildman–Crippen MR) is 79.6 cm³/mol. The Morgan fingerprint density at radius 2 is 1.83 bits per heavy atom. The fourth-order valence-electron chi connectivity index (χ4n) is 1.95. The summed E-state index contributed by atoms with van der Waals surface area (Å²) in [6, 6.07) is 9.76. The van der Waals surface area contributed by atoms with E-state index in [1.807, 2.05) is 6.07 Å². The molecule has 0 aromatic heterocycles. The van der Waals surface area contributed by atoms with Crippen molar-refractivity contribution in [3.63, 3.8) is 0 Å². The highest BCUT2D eigenvalue weighted by Gasteiger charge is 2.03. The molecule has 1 radical (unpaired) electrons. The van der Waals surface area contributed by atoms with Crippen LogP contribution in [0, 0.1) is 17.9 Å². The van der Waals surface area contributed by atoms with E-state index in [2.05, 4.69) is 51.2 Å². The minimum absolute atomic E-state index is 0.764. The normalized spacial score (nSPS) is 11.4. The van der Waals surface area contributed by atoms with Crippen LogP contribution < -0.4 is 5.32 Å². The molecule has 0 unspecified atom stereocenters. The zero-order valence-corrected chi connectivity index (χ0v) is 12.4. The molecular weight excluding hydrogens is 218 g/mol. The maximum atomic E-state index is 3.54. The fraction of sp³-hybridized carbons (Fsp3) is 0.647. The molecule has 0 bridgehead atoms. The first kappa shape index (κ1) is 15.2. The van der Waals surface area contributed by atoms with Crippen molar-refractivity contribution in [2.75, 3.05) is 6.54 Å².